The highest BCUT2D eigenvalue weighted by molar-refractivity contribution is 7.90. The number of allylic oxidation sites excluding steroid dienone is 2. The molecule has 1 aromatic heterocycles. The maximum Gasteiger partial charge on any atom is 0.228 e. The van der Waals surface area contributed by atoms with E-state index in [4.69, 9.17) is 11.6 Å². The first-order valence-electron chi connectivity index (χ1n) is 5.47. The first-order chi connectivity index (χ1) is 8.18. The van der Waals surface area contributed by atoms with Gasteiger partial charge in [-0.3, -0.25) is 0 Å². The molecule has 0 saturated carbocycles. The largest absolute Gasteiger partial charge is 0.318 e. The predicted molar refractivity (Wildman–Crippen MR) is 74.4 cm³/mol. The summed E-state index contributed by atoms with van der Waals surface area (Å²) in [6, 6.07) is 0. The lowest BCUT2D eigenvalue weighted by Crippen LogP contribution is -2.27. The standard InChI is InChI=1S/C12H17ClN2O2S/c1-6-10(13)8(2)7-11-9(3)15(4)12(14-11)18(5,16)17/h7H,3,6H2,1-2,4-5H3. The molecule has 0 N–H and O–H groups in total. The summed E-state index contributed by atoms with van der Waals surface area (Å²) in [5.41, 5.74) is 0.863. The summed E-state index contributed by atoms with van der Waals surface area (Å²) in [4.78, 5) is 4.10. The first-order valence-corrected chi connectivity index (χ1v) is 7.74. The molecule has 0 aromatic carbocycles. The second-order valence-corrected chi connectivity index (χ2v) is 6.51. The number of aromatic nitrogens is 2. The van der Waals surface area contributed by atoms with Gasteiger partial charge in [0.2, 0.25) is 15.0 Å². The van der Waals surface area contributed by atoms with Gasteiger partial charge in [0, 0.05) is 18.3 Å². The SMILES string of the molecule is C=c1c(=CC(C)=C(Cl)CC)nc(S(C)(=O)=O)n1C. The van der Waals surface area contributed by atoms with Gasteiger partial charge in [-0.1, -0.05) is 25.1 Å². The fourth-order valence-electron chi connectivity index (χ4n) is 1.54. The van der Waals surface area contributed by atoms with Gasteiger partial charge in [0.15, 0.2) is 0 Å². The Bertz CT molecular complexity index is 699. The number of nitrogens with zero attached hydrogens (tertiary/aromatic N) is 2. The van der Waals surface area contributed by atoms with Gasteiger partial charge in [-0.25, -0.2) is 13.4 Å². The Balaban J connectivity index is 3.57. The van der Waals surface area contributed by atoms with Gasteiger partial charge < -0.3 is 4.57 Å². The fourth-order valence-corrected chi connectivity index (χ4v) is 2.47. The predicted octanol–water partition coefficient (Wildman–Crippen LogP) is 0.937. The summed E-state index contributed by atoms with van der Waals surface area (Å²) < 4.78 is 24.5. The molecular weight excluding hydrogens is 272 g/mol. The van der Waals surface area contributed by atoms with Gasteiger partial charge in [-0.2, -0.15) is 0 Å². The molecule has 0 aliphatic carbocycles. The van der Waals surface area contributed by atoms with Crippen LogP contribution in [0.1, 0.15) is 20.3 Å². The molecule has 0 spiro atoms. The van der Waals surface area contributed by atoms with Crippen LogP contribution < -0.4 is 10.7 Å². The van der Waals surface area contributed by atoms with E-state index in [-0.39, 0.29) is 5.16 Å². The lowest BCUT2D eigenvalue weighted by atomic mass is 10.2. The first kappa shape index (κ1) is 15.0. The number of rotatable bonds is 3. The highest BCUT2D eigenvalue weighted by Crippen LogP contribution is 2.13. The van der Waals surface area contributed by atoms with Crippen LogP contribution in [0, 0.1) is 0 Å². The second-order valence-electron chi connectivity index (χ2n) is 4.14. The van der Waals surface area contributed by atoms with Crippen LogP contribution in [0.4, 0.5) is 0 Å². The summed E-state index contributed by atoms with van der Waals surface area (Å²) in [6.07, 6.45) is 3.60. The van der Waals surface area contributed by atoms with Crippen molar-refractivity contribution < 1.29 is 8.42 Å². The lowest BCUT2D eigenvalue weighted by Gasteiger charge is -1.96. The van der Waals surface area contributed by atoms with Crippen molar-refractivity contribution in [1.82, 2.24) is 9.55 Å². The topological polar surface area (TPSA) is 52.0 Å². The normalized spacial score (nSPS) is 14.8. The Morgan fingerprint density at radius 1 is 1.56 bits per heavy atom. The highest BCUT2D eigenvalue weighted by Gasteiger charge is 2.14. The minimum atomic E-state index is -3.35. The van der Waals surface area contributed by atoms with E-state index in [2.05, 4.69) is 11.6 Å². The molecule has 0 bridgehead atoms. The quantitative estimate of drug-likeness (QED) is 0.832. The third kappa shape index (κ3) is 3.03. The smallest absolute Gasteiger partial charge is 0.228 e. The Kier molecular flexibility index (Phi) is 4.40. The van der Waals surface area contributed by atoms with E-state index in [1.54, 1.807) is 13.1 Å². The molecule has 0 radical (unpaired) electrons. The van der Waals surface area contributed by atoms with E-state index in [1.165, 1.54) is 4.57 Å². The number of halogens is 1. The van der Waals surface area contributed by atoms with Gasteiger partial charge >= 0.3 is 0 Å². The Morgan fingerprint density at radius 3 is 2.50 bits per heavy atom. The van der Waals surface area contributed by atoms with Crippen LogP contribution in [0.3, 0.4) is 0 Å². The van der Waals surface area contributed by atoms with E-state index in [9.17, 15) is 8.42 Å². The minimum absolute atomic E-state index is 0.0131. The van der Waals surface area contributed by atoms with Crippen molar-refractivity contribution in [3.8, 4) is 0 Å². The van der Waals surface area contributed by atoms with Crippen LogP contribution in [-0.2, 0) is 16.9 Å². The lowest BCUT2D eigenvalue weighted by molar-refractivity contribution is 0.584. The minimum Gasteiger partial charge on any atom is -0.318 e. The molecule has 0 fully saturated rings. The van der Waals surface area contributed by atoms with Crippen molar-refractivity contribution in [2.24, 2.45) is 7.05 Å². The molecule has 0 aliphatic heterocycles. The molecule has 0 unspecified atom stereocenters. The van der Waals surface area contributed by atoms with Crippen LogP contribution in [0.5, 0.6) is 0 Å². The molecule has 0 aliphatic rings. The van der Waals surface area contributed by atoms with Crippen LogP contribution in [0.2, 0.25) is 0 Å². The maximum atomic E-state index is 11.5. The zero-order valence-electron chi connectivity index (χ0n) is 11.0. The van der Waals surface area contributed by atoms with Gasteiger partial charge in [0.25, 0.3) is 0 Å². The molecule has 0 saturated heterocycles. The van der Waals surface area contributed by atoms with Crippen LogP contribution in [0.15, 0.2) is 15.8 Å². The van der Waals surface area contributed by atoms with Crippen LogP contribution in [-0.4, -0.2) is 24.2 Å². The Morgan fingerprint density at radius 2 is 2.11 bits per heavy atom. The highest BCUT2D eigenvalue weighted by atomic mass is 35.5. The zero-order valence-corrected chi connectivity index (χ0v) is 12.6. The molecule has 18 heavy (non-hydrogen) atoms. The van der Waals surface area contributed by atoms with Crippen molar-refractivity contribution >= 4 is 34.1 Å². The molecule has 0 atom stereocenters. The van der Waals surface area contributed by atoms with Crippen molar-refractivity contribution in [2.45, 2.75) is 25.4 Å². The van der Waals surface area contributed by atoms with Crippen LogP contribution in [0.25, 0.3) is 12.7 Å². The van der Waals surface area contributed by atoms with E-state index in [1.807, 2.05) is 13.8 Å². The average Bonchev–Trinajstić information content (AvgIpc) is 2.55. The second kappa shape index (κ2) is 5.28. The van der Waals surface area contributed by atoms with Gasteiger partial charge in [-0.05, 0) is 25.0 Å². The maximum absolute atomic E-state index is 11.5. The van der Waals surface area contributed by atoms with Crippen LogP contribution >= 0.6 is 11.6 Å². The van der Waals surface area contributed by atoms with Gasteiger partial charge in [0.1, 0.15) is 0 Å². The number of hydrogen-bond donors (Lipinski definition) is 0. The number of imidazole rings is 1. The molecule has 1 rings (SSSR count). The summed E-state index contributed by atoms with van der Waals surface area (Å²) in [7, 11) is -1.73. The molecule has 1 aromatic rings. The zero-order chi connectivity index (χ0) is 14.1. The van der Waals surface area contributed by atoms with E-state index in [0.717, 1.165) is 23.3 Å². The molecule has 1 heterocycles. The fraction of sp³-hybridized carbons (Fsp3) is 0.417. The van der Waals surface area contributed by atoms with Crippen molar-refractivity contribution in [3.63, 3.8) is 0 Å². The third-order valence-corrected chi connectivity index (χ3v) is 4.22. The molecule has 6 heteroatoms. The van der Waals surface area contributed by atoms with Crippen molar-refractivity contribution in [1.29, 1.82) is 0 Å². The Hall–Kier alpha value is -1.07. The van der Waals surface area contributed by atoms with E-state index in [0.29, 0.717) is 10.7 Å². The molecule has 0 amide bonds. The summed E-state index contributed by atoms with van der Waals surface area (Å²) in [6.45, 7) is 7.64. The number of hydrogen-bond acceptors (Lipinski definition) is 3. The van der Waals surface area contributed by atoms with Crippen molar-refractivity contribution in [3.05, 3.63) is 21.3 Å². The molecular formula is C12H17ClN2O2S. The molecule has 100 valence electrons. The van der Waals surface area contributed by atoms with E-state index < -0.39 is 9.84 Å². The number of sulfone groups is 1. The summed E-state index contributed by atoms with van der Waals surface area (Å²) in [5.74, 6) is 0. The monoisotopic (exact) mass is 288 g/mol. The average molecular weight is 289 g/mol. The third-order valence-electron chi connectivity index (χ3n) is 2.63. The summed E-state index contributed by atoms with van der Waals surface area (Å²) in [5, 5.41) is 1.82. The molecule has 4 nitrogen and oxygen atoms in total. The Labute approximate surface area is 112 Å². The van der Waals surface area contributed by atoms with Gasteiger partial charge in [-0.15, -0.1) is 0 Å². The summed E-state index contributed by atoms with van der Waals surface area (Å²) >= 11 is 6.03. The van der Waals surface area contributed by atoms with Gasteiger partial charge in [0.05, 0.1) is 10.7 Å². The van der Waals surface area contributed by atoms with E-state index >= 15 is 0 Å². The van der Waals surface area contributed by atoms with Crippen molar-refractivity contribution in [2.75, 3.05) is 6.26 Å².